The van der Waals surface area contributed by atoms with E-state index in [2.05, 4.69) is 4.90 Å². The van der Waals surface area contributed by atoms with Gasteiger partial charge >= 0.3 is 5.97 Å². The van der Waals surface area contributed by atoms with E-state index in [4.69, 9.17) is 5.11 Å². The first kappa shape index (κ1) is 13.7. The molecular weight excluding hydrogens is 202 g/mol. The van der Waals surface area contributed by atoms with Gasteiger partial charge in [-0.25, -0.2) is 0 Å². The summed E-state index contributed by atoms with van der Waals surface area (Å²) in [5.41, 5.74) is 0. The standard InChI is InChI=1S/C10H19NO2.ClH/c1-8(2)9(10(12)13)11-6-4-3-5-7-11;/h8-9H,3-7H2,1-2H3,(H,12,13);1H. The molecule has 0 amide bonds. The van der Waals surface area contributed by atoms with E-state index in [-0.39, 0.29) is 24.4 Å². The molecular formula is C10H20ClNO2. The molecule has 1 saturated heterocycles. The van der Waals surface area contributed by atoms with Crippen LogP contribution in [0, 0.1) is 5.92 Å². The minimum absolute atomic E-state index is 0. The molecule has 1 fully saturated rings. The number of hydrogen-bond acceptors (Lipinski definition) is 2. The number of carboxylic acid groups (broad SMARTS) is 1. The van der Waals surface area contributed by atoms with Crippen LogP contribution in [0.3, 0.4) is 0 Å². The number of piperidine rings is 1. The summed E-state index contributed by atoms with van der Waals surface area (Å²) in [6.07, 6.45) is 3.55. The highest BCUT2D eigenvalue weighted by atomic mass is 35.5. The van der Waals surface area contributed by atoms with Crippen molar-refractivity contribution in [1.82, 2.24) is 4.90 Å². The zero-order chi connectivity index (χ0) is 9.84. The number of hydrogen-bond donors (Lipinski definition) is 1. The van der Waals surface area contributed by atoms with Crippen LogP contribution in [0.2, 0.25) is 0 Å². The number of carboxylic acids is 1. The Balaban J connectivity index is 0.00000169. The minimum Gasteiger partial charge on any atom is -0.480 e. The fourth-order valence-electron chi connectivity index (χ4n) is 2.06. The Hall–Kier alpha value is -0.280. The molecule has 0 aliphatic carbocycles. The lowest BCUT2D eigenvalue weighted by atomic mass is 9.99. The fourth-order valence-corrected chi connectivity index (χ4v) is 2.06. The molecule has 0 spiro atoms. The lowest BCUT2D eigenvalue weighted by Gasteiger charge is -2.34. The van der Waals surface area contributed by atoms with Crippen molar-refractivity contribution in [2.45, 2.75) is 39.2 Å². The van der Waals surface area contributed by atoms with Gasteiger partial charge in [0, 0.05) is 0 Å². The van der Waals surface area contributed by atoms with Gasteiger partial charge in [-0.3, -0.25) is 9.69 Å². The van der Waals surface area contributed by atoms with E-state index in [1.807, 2.05) is 13.8 Å². The monoisotopic (exact) mass is 221 g/mol. The SMILES string of the molecule is CC(C)C(C(=O)O)N1CCCCC1.Cl. The van der Waals surface area contributed by atoms with Crippen molar-refractivity contribution in [3.05, 3.63) is 0 Å². The zero-order valence-corrected chi connectivity index (χ0v) is 9.72. The van der Waals surface area contributed by atoms with Gasteiger partial charge in [-0.15, -0.1) is 12.4 Å². The third kappa shape index (κ3) is 3.46. The first-order valence-electron chi connectivity index (χ1n) is 5.10. The average Bonchev–Trinajstić information content (AvgIpc) is 2.04. The van der Waals surface area contributed by atoms with Crippen molar-refractivity contribution >= 4 is 18.4 Å². The van der Waals surface area contributed by atoms with Crippen molar-refractivity contribution in [1.29, 1.82) is 0 Å². The van der Waals surface area contributed by atoms with Crippen LogP contribution in [0.4, 0.5) is 0 Å². The van der Waals surface area contributed by atoms with Crippen molar-refractivity contribution in [3.8, 4) is 0 Å². The van der Waals surface area contributed by atoms with Crippen LogP contribution in [0.1, 0.15) is 33.1 Å². The number of halogens is 1. The second kappa shape index (κ2) is 6.25. The van der Waals surface area contributed by atoms with Gasteiger partial charge in [-0.1, -0.05) is 20.3 Å². The van der Waals surface area contributed by atoms with Crippen LogP contribution in [-0.2, 0) is 4.79 Å². The van der Waals surface area contributed by atoms with Crippen LogP contribution in [-0.4, -0.2) is 35.1 Å². The predicted octanol–water partition coefficient (Wildman–Crippen LogP) is 2.00. The molecule has 0 aromatic carbocycles. The van der Waals surface area contributed by atoms with Gasteiger partial charge in [-0.2, -0.15) is 0 Å². The van der Waals surface area contributed by atoms with Crippen molar-refractivity contribution in [2.75, 3.05) is 13.1 Å². The topological polar surface area (TPSA) is 40.5 Å². The molecule has 3 nitrogen and oxygen atoms in total. The Morgan fingerprint density at radius 2 is 1.71 bits per heavy atom. The molecule has 0 radical (unpaired) electrons. The summed E-state index contributed by atoms with van der Waals surface area (Å²) < 4.78 is 0. The lowest BCUT2D eigenvalue weighted by molar-refractivity contribution is -0.145. The van der Waals surface area contributed by atoms with E-state index in [1.165, 1.54) is 6.42 Å². The molecule has 4 heteroatoms. The number of rotatable bonds is 3. The first-order chi connectivity index (χ1) is 6.13. The summed E-state index contributed by atoms with van der Waals surface area (Å²) in [5.74, 6) is -0.465. The van der Waals surface area contributed by atoms with Crippen LogP contribution >= 0.6 is 12.4 Å². The summed E-state index contributed by atoms with van der Waals surface area (Å²) in [6, 6.07) is -0.278. The number of likely N-dealkylation sites (tertiary alicyclic amines) is 1. The molecule has 0 aromatic rings. The molecule has 1 aliphatic rings. The van der Waals surface area contributed by atoms with Crippen molar-refractivity contribution < 1.29 is 9.90 Å². The van der Waals surface area contributed by atoms with E-state index in [1.54, 1.807) is 0 Å². The van der Waals surface area contributed by atoms with Crippen LogP contribution in [0.25, 0.3) is 0 Å². The van der Waals surface area contributed by atoms with E-state index in [0.717, 1.165) is 25.9 Å². The van der Waals surface area contributed by atoms with Crippen LogP contribution < -0.4 is 0 Å². The second-order valence-electron chi connectivity index (χ2n) is 4.12. The summed E-state index contributed by atoms with van der Waals surface area (Å²) in [7, 11) is 0. The highest BCUT2D eigenvalue weighted by Crippen LogP contribution is 2.17. The highest BCUT2D eigenvalue weighted by molar-refractivity contribution is 5.85. The number of nitrogens with zero attached hydrogens (tertiary/aromatic N) is 1. The Bertz CT molecular complexity index is 179. The lowest BCUT2D eigenvalue weighted by Crippen LogP contribution is -2.47. The maximum absolute atomic E-state index is 11.0. The molecule has 14 heavy (non-hydrogen) atoms. The molecule has 1 aliphatic heterocycles. The Labute approximate surface area is 91.9 Å². The Morgan fingerprint density at radius 1 is 1.21 bits per heavy atom. The third-order valence-electron chi connectivity index (χ3n) is 2.67. The molecule has 1 unspecified atom stereocenters. The van der Waals surface area contributed by atoms with Gasteiger partial charge in [0.25, 0.3) is 0 Å². The third-order valence-corrected chi connectivity index (χ3v) is 2.67. The molecule has 1 rings (SSSR count). The molecule has 1 N–H and O–H groups in total. The Morgan fingerprint density at radius 3 is 2.07 bits per heavy atom. The number of carbonyl (C=O) groups is 1. The van der Waals surface area contributed by atoms with Crippen LogP contribution in [0.5, 0.6) is 0 Å². The van der Waals surface area contributed by atoms with Crippen molar-refractivity contribution in [3.63, 3.8) is 0 Å². The molecule has 1 atom stereocenters. The Kier molecular flexibility index (Phi) is 6.12. The summed E-state index contributed by atoms with van der Waals surface area (Å²) >= 11 is 0. The summed E-state index contributed by atoms with van der Waals surface area (Å²) in [6.45, 7) is 5.87. The molecule has 0 aromatic heterocycles. The maximum Gasteiger partial charge on any atom is 0.321 e. The summed E-state index contributed by atoms with van der Waals surface area (Å²) in [4.78, 5) is 13.1. The molecule has 84 valence electrons. The maximum atomic E-state index is 11.0. The van der Waals surface area contributed by atoms with E-state index >= 15 is 0 Å². The fraction of sp³-hybridized carbons (Fsp3) is 0.900. The zero-order valence-electron chi connectivity index (χ0n) is 8.90. The van der Waals surface area contributed by atoms with Gasteiger partial charge in [-0.05, 0) is 31.8 Å². The molecule has 1 heterocycles. The van der Waals surface area contributed by atoms with Crippen molar-refractivity contribution in [2.24, 2.45) is 5.92 Å². The van der Waals surface area contributed by atoms with E-state index < -0.39 is 5.97 Å². The predicted molar refractivity (Wildman–Crippen MR) is 58.9 cm³/mol. The summed E-state index contributed by atoms with van der Waals surface area (Å²) in [5, 5.41) is 9.05. The highest BCUT2D eigenvalue weighted by Gasteiger charge is 2.29. The van der Waals surface area contributed by atoms with Gasteiger partial charge < -0.3 is 5.11 Å². The van der Waals surface area contributed by atoms with Gasteiger partial charge in [0.05, 0.1) is 0 Å². The largest absolute Gasteiger partial charge is 0.480 e. The molecule has 0 saturated carbocycles. The van der Waals surface area contributed by atoms with E-state index in [9.17, 15) is 4.79 Å². The minimum atomic E-state index is -0.670. The first-order valence-corrected chi connectivity index (χ1v) is 5.10. The quantitative estimate of drug-likeness (QED) is 0.793. The van der Waals surface area contributed by atoms with Crippen LogP contribution in [0.15, 0.2) is 0 Å². The van der Waals surface area contributed by atoms with Gasteiger partial charge in [0.15, 0.2) is 0 Å². The molecule has 0 bridgehead atoms. The van der Waals surface area contributed by atoms with Gasteiger partial charge in [0.1, 0.15) is 6.04 Å². The normalized spacial score (nSPS) is 20.2. The van der Waals surface area contributed by atoms with E-state index in [0.29, 0.717) is 0 Å². The average molecular weight is 222 g/mol. The second-order valence-corrected chi connectivity index (χ2v) is 4.12. The number of aliphatic carboxylic acids is 1. The van der Waals surface area contributed by atoms with Gasteiger partial charge in [0.2, 0.25) is 0 Å². The smallest absolute Gasteiger partial charge is 0.321 e.